The molecule has 1 aromatic rings. The molecule has 1 aliphatic rings. The van der Waals surface area contributed by atoms with Crippen LogP contribution in [0.3, 0.4) is 0 Å². The molecular weight excluding hydrogens is 110 g/mol. The molecule has 1 heteroatoms. The summed E-state index contributed by atoms with van der Waals surface area (Å²) in [5.41, 5.74) is 2.39. The van der Waals surface area contributed by atoms with Gasteiger partial charge in [0.1, 0.15) is 17.7 Å². The zero-order valence-electron chi connectivity index (χ0n) is 4.89. The van der Waals surface area contributed by atoms with E-state index in [9.17, 15) is 0 Å². The first kappa shape index (κ1) is 4.54. The molecule has 0 aliphatic heterocycles. The van der Waals surface area contributed by atoms with Crippen molar-refractivity contribution in [3.8, 4) is 0 Å². The van der Waals surface area contributed by atoms with E-state index < -0.39 is 0 Å². The number of H-pyrrole nitrogens is 1. The van der Waals surface area contributed by atoms with Crippen LogP contribution in [0.5, 0.6) is 0 Å². The molecule has 0 unspecified atom stereocenters. The largest absolute Gasteiger partial charge is 0.308 e. The molecule has 0 bridgehead atoms. The summed E-state index contributed by atoms with van der Waals surface area (Å²) in [5.74, 6) is 0. The van der Waals surface area contributed by atoms with Crippen LogP contribution in [-0.4, -0.2) is 4.98 Å². The third-order valence-corrected chi connectivity index (χ3v) is 1.40. The van der Waals surface area contributed by atoms with Gasteiger partial charge in [-0.25, -0.2) is 0 Å². The van der Waals surface area contributed by atoms with Gasteiger partial charge < -0.3 is 4.98 Å². The minimum absolute atomic E-state index is 1.15. The Hall–Kier alpha value is -1.33. The molecule has 0 radical (unpaired) electrons. The van der Waals surface area contributed by atoms with Crippen LogP contribution < -0.4 is 0 Å². The third-order valence-electron chi connectivity index (χ3n) is 1.40. The standard InChI is InChI=1S/C8H6N/c1-2-4-8-7(3-1)5-6-9-8/h1,3-6,9H/q+1. The lowest BCUT2D eigenvalue weighted by molar-refractivity contribution is 1.37. The van der Waals surface area contributed by atoms with E-state index in [-0.39, 0.29) is 0 Å². The molecule has 1 aromatic heterocycles. The Morgan fingerprint density at radius 1 is 1.44 bits per heavy atom. The minimum atomic E-state index is 1.15. The predicted molar refractivity (Wildman–Crippen MR) is 37.5 cm³/mol. The van der Waals surface area contributed by atoms with Crippen molar-refractivity contribution in [3.05, 3.63) is 35.7 Å². The molecule has 1 aliphatic carbocycles. The summed E-state index contributed by atoms with van der Waals surface area (Å²) >= 11 is 0. The lowest BCUT2D eigenvalue weighted by Gasteiger charge is -1.82. The Bertz CT molecular complexity index is 239. The second-order valence-corrected chi connectivity index (χ2v) is 1.99. The summed E-state index contributed by atoms with van der Waals surface area (Å²) in [6.45, 7) is 0. The third kappa shape index (κ3) is 0.592. The summed E-state index contributed by atoms with van der Waals surface area (Å²) in [5, 5.41) is 0. The van der Waals surface area contributed by atoms with Gasteiger partial charge in [0, 0.05) is 12.3 Å². The highest BCUT2D eigenvalue weighted by Crippen LogP contribution is 2.13. The van der Waals surface area contributed by atoms with Crippen LogP contribution in [0.15, 0.2) is 18.3 Å². The summed E-state index contributed by atoms with van der Waals surface area (Å²) in [4.78, 5) is 3.09. The molecule has 2 rings (SSSR count). The van der Waals surface area contributed by atoms with Gasteiger partial charge in [-0.05, 0) is 6.07 Å². The molecule has 1 nitrogen and oxygen atoms in total. The number of allylic oxidation sites excluding steroid dienone is 2. The summed E-state index contributed by atoms with van der Waals surface area (Å²) in [6.07, 6.45) is 10.8. The van der Waals surface area contributed by atoms with Crippen LogP contribution in [0, 0.1) is 6.08 Å². The number of hydrogen-bond acceptors (Lipinski definition) is 0. The summed E-state index contributed by atoms with van der Waals surface area (Å²) in [6, 6.07) is 2.04. The van der Waals surface area contributed by atoms with E-state index in [0.717, 1.165) is 5.69 Å². The highest BCUT2D eigenvalue weighted by molar-refractivity contribution is 5.67. The average molecular weight is 116 g/mol. The molecule has 0 atom stereocenters. The van der Waals surface area contributed by atoms with Crippen molar-refractivity contribution < 1.29 is 0 Å². The van der Waals surface area contributed by atoms with Crippen LogP contribution in [-0.2, 0) is 0 Å². The summed E-state index contributed by atoms with van der Waals surface area (Å²) in [7, 11) is 0. The Labute approximate surface area is 53.7 Å². The van der Waals surface area contributed by atoms with Crippen molar-refractivity contribution in [2.24, 2.45) is 0 Å². The SMILES string of the molecule is [C+]1=Cc2[nH]ccc2C=C1. The Balaban J connectivity index is 2.68. The van der Waals surface area contributed by atoms with Crippen molar-refractivity contribution in [2.45, 2.75) is 0 Å². The Morgan fingerprint density at radius 2 is 2.44 bits per heavy atom. The molecule has 0 saturated carbocycles. The number of nitrogens with one attached hydrogen (secondary N) is 1. The van der Waals surface area contributed by atoms with Gasteiger partial charge in [0.05, 0.1) is 6.08 Å². The number of aromatic nitrogens is 1. The number of rotatable bonds is 0. The van der Waals surface area contributed by atoms with Crippen LogP contribution in [0.1, 0.15) is 11.3 Å². The van der Waals surface area contributed by atoms with E-state index in [1.807, 2.05) is 30.5 Å². The second-order valence-electron chi connectivity index (χ2n) is 1.99. The molecule has 0 aromatic carbocycles. The number of hydrogen-bond donors (Lipinski definition) is 1. The van der Waals surface area contributed by atoms with Crippen molar-refractivity contribution in [1.82, 2.24) is 4.98 Å². The number of aromatic amines is 1. The molecule has 1 heterocycles. The Kier molecular flexibility index (Phi) is 0.794. The zero-order valence-corrected chi connectivity index (χ0v) is 4.89. The van der Waals surface area contributed by atoms with E-state index in [1.54, 1.807) is 0 Å². The Morgan fingerprint density at radius 3 is 3.33 bits per heavy atom. The van der Waals surface area contributed by atoms with E-state index in [0.29, 0.717) is 0 Å². The van der Waals surface area contributed by atoms with Gasteiger partial charge in [-0.1, -0.05) is 0 Å². The van der Waals surface area contributed by atoms with Crippen LogP contribution in [0.2, 0.25) is 0 Å². The maximum Gasteiger partial charge on any atom is 0.158 e. The van der Waals surface area contributed by atoms with Crippen molar-refractivity contribution in [1.29, 1.82) is 0 Å². The van der Waals surface area contributed by atoms with Crippen LogP contribution >= 0.6 is 0 Å². The first-order valence-corrected chi connectivity index (χ1v) is 2.90. The van der Waals surface area contributed by atoms with Crippen molar-refractivity contribution in [3.63, 3.8) is 0 Å². The molecule has 0 fully saturated rings. The van der Waals surface area contributed by atoms with Crippen LogP contribution in [0.25, 0.3) is 12.2 Å². The van der Waals surface area contributed by atoms with E-state index in [1.165, 1.54) is 5.56 Å². The normalized spacial score (nSPS) is 12.9. The fourth-order valence-corrected chi connectivity index (χ4v) is 0.934. The van der Waals surface area contributed by atoms with Gasteiger partial charge in [0.2, 0.25) is 0 Å². The lowest BCUT2D eigenvalue weighted by Crippen LogP contribution is -1.77. The average Bonchev–Trinajstić information content (AvgIpc) is 2.33. The molecule has 0 amide bonds. The van der Waals surface area contributed by atoms with E-state index in [4.69, 9.17) is 0 Å². The lowest BCUT2D eigenvalue weighted by atomic mass is 10.1. The number of fused-ring (bicyclic) bond motifs is 1. The second kappa shape index (κ2) is 1.57. The van der Waals surface area contributed by atoms with Gasteiger partial charge in [-0.3, -0.25) is 0 Å². The minimum Gasteiger partial charge on any atom is -0.308 e. The first-order chi connectivity index (χ1) is 4.47. The fraction of sp³-hybridized carbons (Fsp3) is 0. The quantitative estimate of drug-likeness (QED) is 0.498. The van der Waals surface area contributed by atoms with E-state index >= 15 is 0 Å². The highest BCUT2D eigenvalue weighted by atomic mass is 14.7. The predicted octanol–water partition coefficient (Wildman–Crippen LogP) is 1.86. The highest BCUT2D eigenvalue weighted by Gasteiger charge is 2.07. The van der Waals surface area contributed by atoms with Crippen LogP contribution in [0.4, 0.5) is 0 Å². The van der Waals surface area contributed by atoms with Gasteiger partial charge in [-0.15, -0.1) is 0 Å². The van der Waals surface area contributed by atoms with Gasteiger partial charge in [-0.2, -0.15) is 0 Å². The topological polar surface area (TPSA) is 15.8 Å². The maximum atomic E-state index is 3.09. The molecular formula is C8H6N+. The van der Waals surface area contributed by atoms with Gasteiger partial charge >= 0.3 is 0 Å². The molecule has 0 saturated heterocycles. The van der Waals surface area contributed by atoms with Gasteiger partial charge in [0.25, 0.3) is 0 Å². The molecule has 42 valence electrons. The molecule has 1 N–H and O–H groups in total. The first-order valence-electron chi connectivity index (χ1n) is 2.90. The zero-order chi connectivity index (χ0) is 6.10. The maximum absolute atomic E-state index is 3.09. The monoisotopic (exact) mass is 116 g/mol. The van der Waals surface area contributed by atoms with Crippen molar-refractivity contribution >= 4 is 12.2 Å². The van der Waals surface area contributed by atoms with Crippen molar-refractivity contribution in [2.75, 3.05) is 0 Å². The fourth-order valence-electron chi connectivity index (χ4n) is 0.934. The van der Waals surface area contributed by atoms with Gasteiger partial charge in [0.15, 0.2) is 5.69 Å². The summed E-state index contributed by atoms with van der Waals surface area (Å²) < 4.78 is 0. The molecule has 9 heavy (non-hydrogen) atoms. The smallest absolute Gasteiger partial charge is 0.158 e. The van der Waals surface area contributed by atoms with E-state index in [2.05, 4.69) is 11.1 Å². The molecule has 0 spiro atoms.